The zero-order valence-corrected chi connectivity index (χ0v) is 11.4. The average molecular weight is 293 g/mol. The first kappa shape index (κ1) is 16.8. The Morgan fingerprint density at radius 1 is 1.15 bits per heavy atom. The van der Waals surface area contributed by atoms with Gasteiger partial charge in [0.2, 0.25) is 0 Å². The van der Waals surface area contributed by atoms with Gasteiger partial charge in [0.15, 0.2) is 0 Å². The number of unbranched alkanes of at least 4 members (excludes halogenated alkanes) is 2. The van der Waals surface area contributed by atoms with Crippen LogP contribution in [-0.4, -0.2) is 19.7 Å². The van der Waals surface area contributed by atoms with Crippen molar-refractivity contribution >= 4 is 0 Å². The van der Waals surface area contributed by atoms with E-state index in [1.807, 2.05) is 6.92 Å². The van der Waals surface area contributed by atoms with Crippen LogP contribution < -0.4 is 10.1 Å². The van der Waals surface area contributed by atoms with Crippen molar-refractivity contribution in [1.82, 2.24) is 5.32 Å². The minimum absolute atomic E-state index is 0.0467. The van der Waals surface area contributed by atoms with E-state index in [0.717, 1.165) is 38.4 Å². The van der Waals surface area contributed by atoms with Crippen LogP contribution in [0.4, 0.5) is 17.6 Å². The van der Waals surface area contributed by atoms with E-state index in [-0.39, 0.29) is 5.75 Å². The van der Waals surface area contributed by atoms with Crippen LogP contribution in [0.5, 0.6) is 5.75 Å². The SMILES string of the molecule is CCNCCCCCOc1ccc(F)c(C(F)(F)F)c1. The number of nitrogens with one attached hydrogen (secondary N) is 1. The molecule has 6 heteroatoms. The van der Waals surface area contributed by atoms with Crippen LogP contribution in [0.3, 0.4) is 0 Å². The summed E-state index contributed by atoms with van der Waals surface area (Å²) in [6.45, 7) is 4.20. The molecule has 0 bridgehead atoms. The summed E-state index contributed by atoms with van der Waals surface area (Å²) in [5, 5.41) is 3.18. The second-order valence-electron chi connectivity index (χ2n) is 4.40. The van der Waals surface area contributed by atoms with Crippen LogP contribution in [0, 0.1) is 5.82 Å². The van der Waals surface area contributed by atoms with E-state index in [4.69, 9.17) is 4.74 Å². The molecular formula is C14H19F4NO. The van der Waals surface area contributed by atoms with Gasteiger partial charge in [-0.25, -0.2) is 4.39 Å². The molecule has 114 valence electrons. The molecule has 0 saturated heterocycles. The third-order valence-corrected chi connectivity index (χ3v) is 2.76. The summed E-state index contributed by atoms with van der Waals surface area (Å²) in [6.07, 6.45) is -2.02. The lowest BCUT2D eigenvalue weighted by Gasteiger charge is -2.11. The summed E-state index contributed by atoms with van der Waals surface area (Å²) >= 11 is 0. The second kappa shape index (κ2) is 8.09. The Hall–Kier alpha value is -1.30. The Labute approximate surface area is 116 Å². The van der Waals surface area contributed by atoms with Crippen LogP contribution >= 0.6 is 0 Å². The molecule has 0 aliphatic rings. The van der Waals surface area contributed by atoms with Crippen LogP contribution in [-0.2, 0) is 6.18 Å². The highest BCUT2D eigenvalue weighted by molar-refractivity contribution is 5.31. The van der Waals surface area contributed by atoms with Gasteiger partial charge in [-0.15, -0.1) is 0 Å². The number of alkyl halides is 3. The molecule has 0 aliphatic heterocycles. The van der Waals surface area contributed by atoms with Crippen LogP contribution in [0.15, 0.2) is 18.2 Å². The smallest absolute Gasteiger partial charge is 0.419 e. The van der Waals surface area contributed by atoms with Gasteiger partial charge in [0.05, 0.1) is 12.2 Å². The molecule has 0 unspecified atom stereocenters. The number of rotatable bonds is 8. The fourth-order valence-electron chi connectivity index (χ4n) is 1.71. The van der Waals surface area contributed by atoms with E-state index in [0.29, 0.717) is 12.7 Å². The molecule has 0 radical (unpaired) electrons. The van der Waals surface area contributed by atoms with E-state index >= 15 is 0 Å². The summed E-state index contributed by atoms with van der Waals surface area (Å²) in [5.41, 5.74) is -1.29. The first-order chi connectivity index (χ1) is 9.45. The first-order valence-electron chi connectivity index (χ1n) is 6.65. The van der Waals surface area contributed by atoms with Gasteiger partial charge in [0, 0.05) is 0 Å². The Kier molecular flexibility index (Phi) is 6.78. The molecule has 0 atom stereocenters. The molecule has 1 N–H and O–H groups in total. The van der Waals surface area contributed by atoms with Crippen molar-refractivity contribution in [2.75, 3.05) is 19.7 Å². The van der Waals surface area contributed by atoms with E-state index in [1.165, 1.54) is 6.07 Å². The van der Waals surface area contributed by atoms with Crippen molar-refractivity contribution in [2.24, 2.45) is 0 Å². The molecule has 2 nitrogen and oxygen atoms in total. The lowest BCUT2D eigenvalue weighted by Crippen LogP contribution is -2.14. The van der Waals surface area contributed by atoms with Gasteiger partial charge in [0.25, 0.3) is 0 Å². The lowest BCUT2D eigenvalue weighted by molar-refractivity contribution is -0.140. The van der Waals surface area contributed by atoms with Crippen molar-refractivity contribution in [3.8, 4) is 5.75 Å². The molecule has 0 saturated carbocycles. The molecule has 1 rings (SSSR count). The third-order valence-electron chi connectivity index (χ3n) is 2.76. The predicted octanol–water partition coefficient (Wildman–Crippen LogP) is 4.00. The average Bonchev–Trinajstić information content (AvgIpc) is 2.38. The zero-order valence-electron chi connectivity index (χ0n) is 11.4. The summed E-state index contributed by atoms with van der Waals surface area (Å²) in [4.78, 5) is 0. The quantitative estimate of drug-likeness (QED) is 0.578. The summed E-state index contributed by atoms with van der Waals surface area (Å²) in [6, 6.07) is 2.69. The topological polar surface area (TPSA) is 21.3 Å². The number of hydrogen-bond donors (Lipinski definition) is 1. The molecule has 0 spiro atoms. The predicted molar refractivity (Wildman–Crippen MR) is 69.3 cm³/mol. The van der Waals surface area contributed by atoms with E-state index in [9.17, 15) is 17.6 Å². The number of hydrogen-bond acceptors (Lipinski definition) is 2. The van der Waals surface area contributed by atoms with Crippen LogP contribution in [0.1, 0.15) is 31.7 Å². The molecule has 0 amide bonds. The fraction of sp³-hybridized carbons (Fsp3) is 0.571. The Balaban J connectivity index is 2.38. The number of halogens is 4. The highest BCUT2D eigenvalue weighted by atomic mass is 19.4. The van der Waals surface area contributed by atoms with E-state index in [2.05, 4.69) is 5.32 Å². The minimum Gasteiger partial charge on any atom is -0.494 e. The first-order valence-corrected chi connectivity index (χ1v) is 6.65. The number of ether oxygens (including phenoxy) is 1. The van der Waals surface area contributed by atoms with Crippen molar-refractivity contribution in [1.29, 1.82) is 0 Å². The van der Waals surface area contributed by atoms with Crippen molar-refractivity contribution in [3.63, 3.8) is 0 Å². The Bertz CT molecular complexity index is 407. The summed E-state index contributed by atoms with van der Waals surface area (Å²) in [5.74, 6) is -1.24. The monoisotopic (exact) mass is 293 g/mol. The highest BCUT2D eigenvalue weighted by Crippen LogP contribution is 2.33. The number of benzene rings is 1. The Morgan fingerprint density at radius 2 is 1.90 bits per heavy atom. The molecule has 0 aromatic heterocycles. The maximum atomic E-state index is 13.0. The van der Waals surface area contributed by atoms with Gasteiger partial charge in [-0.05, 0) is 50.6 Å². The summed E-state index contributed by atoms with van der Waals surface area (Å²) in [7, 11) is 0. The van der Waals surface area contributed by atoms with Crippen molar-refractivity contribution < 1.29 is 22.3 Å². The van der Waals surface area contributed by atoms with Gasteiger partial charge >= 0.3 is 6.18 Å². The van der Waals surface area contributed by atoms with Crippen molar-refractivity contribution in [2.45, 2.75) is 32.4 Å². The van der Waals surface area contributed by atoms with Gasteiger partial charge in [0.1, 0.15) is 11.6 Å². The standard InChI is InChI=1S/C14H19F4NO/c1-2-19-8-4-3-5-9-20-11-6-7-13(15)12(10-11)14(16,17)18/h6-7,10,19H,2-5,8-9H2,1H3. The normalized spacial score (nSPS) is 11.7. The second-order valence-corrected chi connectivity index (χ2v) is 4.40. The molecule has 0 aliphatic carbocycles. The van der Waals surface area contributed by atoms with E-state index < -0.39 is 17.6 Å². The third kappa shape index (κ3) is 5.77. The van der Waals surface area contributed by atoms with Crippen LogP contribution in [0.25, 0.3) is 0 Å². The zero-order chi connectivity index (χ0) is 15.0. The minimum atomic E-state index is -4.70. The van der Waals surface area contributed by atoms with Gasteiger partial charge in [-0.1, -0.05) is 6.92 Å². The molecule has 0 fully saturated rings. The van der Waals surface area contributed by atoms with E-state index in [1.54, 1.807) is 0 Å². The molecular weight excluding hydrogens is 274 g/mol. The lowest BCUT2D eigenvalue weighted by atomic mass is 10.2. The molecule has 1 aromatic rings. The highest BCUT2D eigenvalue weighted by Gasteiger charge is 2.34. The van der Waals surface area contributed by atoms with Crippen molar-refractivity contribution in [3.05, 3.63) is 29.6 Å². The summed E-state index contributed by atoms with van der Waals surface area (Å²) < 4.78 is 55.7. The van der Waals surface area contributed by atoms with Crippen LogP contribution in [0.2, 0.25) is 0 Å². The van der Waals surface area contributed by atoms with Gasteiger partial charge < -0.3 is 10.1 Å². The van der Waals surface area contributed by atoms with Gasteiger partial charge in [-0.2, -0.15) is 13.2 Å². The molecule has 1 aromatic carbocycles. The molecule has 20 heavy (non-hydrogen) atoms. The maximum Gasteiger partial charge on any atom is 0.419 e. The maximum absolute atomic E-state index is 13.0. The fourth-order valence-corrected chi connectivity index (χ4v) is 1.71. The largest absolute Gasteiger partial charge is 0.494 e. The van der Waals surface area contributed by atoms with Gasteiger partial charge in [-0.3, -0.25) is 0 Å². The molecule has 0 heterocycles. The Morgan fingerprint density at radius 3 is 2.55 bits per heavy atom.